The van der Waals surface area contributed by atoms with Crippen LogP contribution in [0.2, 0.25) is 0 Å². The fourth-order valence-corrected chi connectivity index (χ4v) is 2.23. The van der Waals surface area contributed by atoms with E-state index in [2.05, 4.69) is 4.98 Å². The van der Waals surface area contributed by atoms with Crippen molar-refractivity contribution < 1.29 is 9.84 Å². The molecule has 0 aliphatic carbocycles. The van der Waals surface area contributed by atoms with Crippen LogP contribution in [-0.2, 0) is 0 Å². The van der Waals surface area contributed by atoms with Crippen LogP contribution in [0.4, 0.5) is 5.69 Å². The molecular formula is C17H16N2O2. The van der Waals surface area contributed by atoms with Gasteiger partial charge in [-0.2, -0.15) is 0 Å². The molecule has 4 nitrogen and oxygen atoms in total. The normalized spacial score (nSPS) is 12.2. The summed E-state index contributed by atoms with van der Waals surface area (Å²) in [6, 6.07) is 16.7. The topological polar surface area (TPSA) is 68.4 Å². The number of rotatable bonds is 4. The maximum Gasteiger partial charge on any atom is 0.128 e. The zero-order valence-corrected chi connectivity index (χ0v) is 11.4. The number of aliphatic hydroxyl groups is 1. The molecule has 2 aromatic carbocycles. The average molecular weight is 280 g/mol. The van der Waals surface area contributed by atoms with E-state index >= 15 is 0 Å². The number of nitrogens with two attached hydrogens (primary N) is 1. The molecule has 1 heterocycles. The van der Waals surface area contributed by atoms with Crippen LogP contribution >= 0.6 is 0 Å². The second-order valence-corrected chi connectivity index (χ2v) is 4.82. The molecule has 3 rings (SSSR count). The third-order valence-corrected chi connectivity index (χ3v) is 3.30. The van der Waals surface area contributed by atoms with E-state index in [0.717, 1.165) is 16.5 Å². The van der Waals surface area contributed by atoms with Crippen LogP contribution in [0.25, 0.3) is 10.9 Å². The number of nitrogens with zero attached hydrogens (tertiary/aromatic N) is 1. The fraction of sp³-hybridized carbons (Fsp3) is 0.118. The van der Waals surface area contributed by atoms with E-state index < -0.39 is 6.10 Å². The summed E-state index contributed by atoms with van der Waals surface area (Å²) in [5.74, 6) is 0.712. The Bertz CT molecular complexity index is 753. The number of pyridine rings is 1. The SMILES string of the molecule is Nc1cccc(C(O)COc2cccc3ncccc23)c1. The van der Waals surface area contributed by atoms with Crippen LogP contribution in [0.3, 0.4) is 0 Å². The van der Waals surface area contributed by atoms with E-state index in [0.29, 0.717) is 11.4 Å². The van der Waals surface area contributed by atoms with Gasteiger partial charge < -0.3 is 15.6 Å². The molecule has 0 aliphatic heterocycles. The van der Waals surface area contributed by atoms with Gasteiger partial charge >= 0.3 is 0 Å². The van der Waals surface area contributed by atoms with Crippen molar-refractivity contribution in [3.05, 3.63) is 66.4 Å². The quantitative estimate of drug-likeness (QED) is 0.721. The highest BCUT2D eigenvalue weighted by molar-refractivity contribution is 5.84. The largest absolute Gasteiger partial charge is 0.490 e. The number of ether oxygens (including phenoxy) is 1. The summed E-state index contributed by atoms with van der Waals surface area (Å²) < 4.78 is 5.74. The summed E-state index contributed by atoms with van der Waals surface area (Å²) in [5.41, 5.74) is 7.96. The Balaban J connectivity index is 1.77. The predicted octanol–water partition coefficient (Wildman–Crippen LogP) is 2.93. The summed E-state index contributed by atoms with van der Waals surface area (Å²) in [6.07, 6.45) is 1.02. The Morgan fingerprint density at radius 3 is 2.81 bits per heavy atom. The third-order valence-electron chi connectivity index (χ3n) is 3.30. The Hall–Kier alpha value is -2.59. The van der Waals surface area contributed by atoms with Gasteiger partial charge in [-0.1, -0.05) is 18.2 Å². The summed E-state index contributed by atoms with van der Waals surface area (Å²) in [6.45, 7) is 0.164. The van der Waals surface area contributed by atoms with Crippen molar-refractivity contribution in [2.75, 3.05) is 12.3 Å². The molecule has 0 amide bonds. The highest BCUT2D eigenvalue weighted by atomic mass is 16.5. The number of aromatic nitrogens is 1. The maximum absolute atomic E-state index is 10.2. The van der Waals surface area contributed by atoms with E-state index in [4.69, 9.17) is 10.5 Å². The van der Waals surface area contributed by atoms with Crippen LogP contribution in [0.15, 0.2) is 60.8 Å². The number of benzene rings is 2. The van der Waals surface area contributed by atoms with E-state index in [9.17, 15) is 5.11 Å². The minimum absolute atomic E-state index is 0.164. The molecule has 1 atom stereocenters. The van der Waals surface area contributed by atoms with Crippen molar-refractivity contribution >= 4 is 16.6 Å². The van der Waals surface area contributed by atoms with Crippen molar-refractivity contribution in [3.63, 3.8) is 0 Å². The lowest BCUT2D eigenvalue weighted by Gasteiger charge is -2.14. The zero-order chi connectivity index (χ0) is 14.7. The highest BCUT2D eigenvalue weighted by Gasteiger charge is 2.10. The smallest absolute Gasteiger partial charge is 0.128 e. The maximum atomic E-state index is 10.2. The van der Waals surface area contributed by atoms with Crippen molar-refractivity contribution in [1.29, 1.82) is 0 Å². The van der Waals surface area contributed by atoms with Gasteiger partial charge in [-0.15, -0.1) is 0 Å². The molecular weight excluding hydrogens is 264 g/mol. The highest BCUT2D eigenvalue weighted by Crippen LogP contribution is 2.25. The first-order valence-corrected chi connectivity index (χ1v) is 6.74. The first-order chi connectivity index (χ1) is 10.2. The van der Waals surface area contributed by atoms with Crippen LogP contribution in [0, 0.1) is 0 Å². The van der Waals surface area contributed by atoms with Crippen LogP contribution < -0.4 is 10.5 Å². The second kappa shape index (κ2) is 5.81. The molecule has 0 saturated heterocycles. The lowest BCUT2D eigenvalue weighted by Crippen LogP contribution is -2.10. The number of hydrogen-bond donors (Lipinski definition) is 2. The molecule has 0 spiro atoms. The van der Waals surface area contributed by atoms with Gasteiger partial charge in [0.05, 0.1) is 5.52 Å². The molecule has 1 unspecified atom stereocenters. The Labute approximate surface area is 122 Å². The monoisotopic (exact) mass is 280 g/mol. The van der Waals surface area contributed by atoms with Gasteiger partial charge in [0, 0.05) is 17.3 Å². The van der Waals surface area contributed by atoms with Crippen molar-refractivity contribution in [1.82, 2.24) is 4.98 Å². The van der Waals surface area contributed by atoms with Crippen LogP contribution in [0.5, 0.6) is 5.75 Å². The van der Waals surface area contributed by atoms with Crippen molar-refractivity contribution in [2.24, 2.45) is 0 Å². The van der Waals surface area contributed by atoms with Gasteiger partial charge in [0.2, 0.25) is 0 Å². The zero-order valence-electron chi connectivity index (χ0n) is 11.4. The van der Waals surface area contributed by atoms with E-state index in [-0.39, 0.29) is 6.61 Å². The Kier molecular flexibility index (Phi) is 3.71. The molecule has 3 N–H and O–H groups in total. The molecule has 4 heteroatoms. The van der Waals surface area contributed by atoms with Gasteiger partial charge in [-0.05, 0) is 42.0 Å². The summed E-state index contributed by atoms with van der Waals surface area (Å²) >= 11 is 0. The summed E-state index contributed by atoms with van der Waals surface area (Å²) in [7, 11) is 0. The number of hydrogen-bond acceptors (Lipinski definition) is 4. The van der Waals surface area contributed by atoms with Gasteiger partial charge in [0.15, 0.2) is 0 Å². The first-order valence-electron chi connectivity index (χ1n) is 6.74. The van der Waals surface area contributed by atoms with E-state index in [1.807, 2.05) is 42.5 Å². The number of anilines is 1. The number of fused-ring (bicyclic) bond motifs is 1. The molecule has 0 aliphatic rings. The van der Waals surface area contributed by atoms with E-state index in [1.54, 1.807) is 18.3 Å². The third kappa shape index (κ3) is 2.95. The van der Waals surface area contributed by atoms with Gasteiger partial charge in [0.1, 0.15) is 18.5 Å². The Morgan fingerprint density at radius 2 is 1.95 bits per heavy atom. The second-order valence-electron chi connectivity index (χ2n) is 4.82. The first kappa shape index (κ1) is 13.4. The van der Waals surface area contributed by atoms with E-state index in [1.165, 1.54) is 0 Å². The predicted molar refractivity (Wildman–Crippen MR) is 83.1 cm³/mol. The molecule has 106 valence electrons. The summed E-state index contributed by atoms with van der Waals surface area (Å²) in [4.78, 5) is 4.28. The molecule has 1 aromatic heterocycles. The molecule has 0 bridgehead atoms. The minimum Gasteiger partial charge on any atom is -0.490 e. The van der Waals surface area contributed by atoms with Gasteiger partial charge in [-0.3, -0.25) is 4.98 Å². The number of nitrogen functional groups attached to an aromatic ring is 1. The van der Waals surface area contributed by atoms with Crippen LogP contribution in [0.1, 0.15) is 11.7 Å². The van der Waals surface area contributed by atoms with Gasteiger partial charge in [0.25, 0.3) is 0 Å². The minimum atomic E-state index is -0.722. The standard InChI is InChI=1S/C17H16N2O2/c18-13-5-1-4-12(10-13)16(20)11-21-17-8-2-7-15-14(17)6-3-9-19-15/h1-10,16,20H,11,18H2. The lowest BCUT2D eigenvalue weighted by molar-refractivity contribution is 0.109. The number of aliphatic hydroxyl groups excluding tert-OH is 1. The van der Waals surface area contributed by atoms with Crippen LogP contribution in [-0.4, -0.2) is 16.7 Å². The van der Waals surface area contributed by atoms with Gasteiger partial charge in [-0.25, -0.2) is 0 Å². The van der Waals surface area contributed by atoms with Crippen molar-refractivity contribution in [3.8, 4) is 5.75 Å². The fourth-order valence-electron chi connectivity index (χ4n) is 2.23. The molecule has 3 aromatic rings. The molecule has 0 saturated carbocycles. The van der Waals surface area contributed by atoms with Crippen molar-refractivity contribution in [2.45, 2.75) is 6.10 Å². The molecule has 0 fully saturated rings. The molecule has 21 heavy (non-hydrogen) atoms. The summed E-state index contributed by atoms with van der Waals surface area (Å²) in [5, 5.41) is 11.1. The molecule has 0 radical (unpaired) electrons. The average Bonchev–Trinajstić information content (AvgIpc) is 2.52. The lowest BCUT2D eigenvalue weighted by atomic mass is 10.1. The Morgan fingerprint density at radius 1 is 1.10 bits per heavy atom.